The number of ether oxygens (including phenoxy) is 2. The Morgan fingerprint density at radius 2 is 2.14 bits per heavy atom. The molecule has 0 N–H and O–H groups in total. The maximum atomic E-state index is 13.5. The van der Waals surface area contributed by atoms with Crippen LogP contribution in [-0.4, -0.2) is 17.7 Å². The Morgan fingerprint density at radius 3 is 2.81 bits per heavy atom. The third-order valence-corrected chi connectivity index (χ3v) is 2.72. The van der Waals surface area contributed by atoms with E-state index in [-0.39, 0.29) is 24.7 Å². The molecule has 0 radical (unpaired) electrons. The third-order valence-electron chi connectivity index (χ3n) is 2.72. The van der Waals surface area contributed by atoms with Gasteiger partial charge >= 0.3 is 5.97 Å². The number of aryl methyl sites for hydroxylation is 1. The van der Waals surface area contributed by atoms with E-state index in [2.05, 4.69) is 5.16 Å². The first-order valence-corrected chi connectivity index (χ1v) is 6.23. The van der Waals surface area contributed by atoms with E-state index in [1.165, 1.54) is 0 Å². The van der Waals surface area contributed by atoms with Crippen molar-refractivity contribution in [2.45, 2.75) is 20.5 Å². The molecule has 2 aromatic rings. The lowest BCUT2D eigenvalue weighted by atomic mass is 10.2. The zero-order valence-electron chi connectivity index (χ0n) is 11.5. The first-order chi connectivity index (χ1) is 10.0. The molecular formula is C14H13F2NO4. The first-order valence-electron chi connectivity index (χ1n) is 6.23. The average Bonchev–Trinajstić information content (AvgIpc) is 2.79. The molecule has 0 spiro atoms. The normalized spacial score (nSPS) is 10.5. The van der Waals surface area contributed by atoms with Crippen LogP contribution in [0.2, 0.25) is 0 Å². The maximum absolute atomic E-state index is 13.5. The molecule has 0 unspecified atom stereocenters. The van der Waals surface area contributed by atoms with Crippen LogP contribution in [0.15, 0.2) is 22.7 Å². The predicted molar refractivity (Wildman–Crippen MR) is 67.9 cm³/mol. The van der Waals surface area contributed by atoms with Gasteiger partial charge < -0.3 is 14.0 Å². The number of nitrogens with zero attached hydrogens (tertiary/aromatic N) is 1. The number of carbonyl (C=O) groups excluding carboxylic acids is 1. The third kappa shape index (κ3) is 3.36. The van der Waals surface area contributed by atoms with Crippen molar-refractivity contribution in [2.75, 3.05) is 6.61 Å². The Bertz CT molecular complexity index is 654. The van der Waals surface area contributed by atoms with Crippen LogP contribution in [0.25, 0.3) is 0 Å². The molecule has 7 heteroatoms. The molecule has 0 aliphatic heterocycles. The van der Waals surface area contributed by atoms with Crippen LogP contribution in [0, 0.1) is 18.6 Å². The number of esters is 1. The van der Waals surface area contributed by atoms with Gasteiger partial charge in [-0.05, 0) is 26.0 Å². The number of hydrogen-bond donors (Lipinski definition) is 0. The summed E-state index contributed by atoms with van der Waals surface area (Å²) in [6.07, 6.45) is 0. The van der Waals surface area contributed by atoms with Crippen LogP contribution in [0.1, 0.15) is 28.7 Å². The van der Waals surface area contributed by atoms with Crippen molar-refractivity contribution in [3.05, 3.63) is 46.9 Å². The monoisotopic (exact) mass is 297 g/mol. The second-order valence-electron chi connectivity index (χ2n) is 4.15. The number of hydrogen-bond acceptors (Lipinski definition) is 5. The molecule has 0 amide bonds. The largest absolute Gasteiger partial charge is 0.486 e. The molecule has 1 heterocycles. The van der Waals surface area contributed by atoms with Crippen LogP contribution in [0.4, 0.5) is 8.78 Å². The van der Waals surface area contributed by atoms with Crippen molar-refractivity contribution in [2.24, 2.45) is 0 Å². The van der Waals surface area contributed by atoms with Gasteiger partial charge in [0.2, 0.25) is 0 Å². The predicted octanol–water partition coefficient (Wildman–Crippen LogP) is 3.02. The summed E-state index contributed by atoms with van der Waals surface area (Å²) in [7, 11) is 0. The molecular weight excluding hydrogens is 284 g/mol. The van der Waals surface area contributed by atoms with E-state index in [4.69, 9.17) is 14.0 Å². The highest BCUT2D eigenvalue weighted by Crippen LogP contribution is 2.21. The lowest BCUT2D eigenvalue weighted by Crippen LogP contribution is -2.10. The van der Waals surface area contributed by atoms with Gasteiger partial charge in [0, 0.05) is 6.07 Å². The summed E-state index contributed by atoms with van der Waals surface area (Å²) >= 11 is 0. The molecule has 0 aliphatic rings. The highest BCUT2D eigenvalue weighted by Gasteiger charge is 2.21. The summed E-state index contributed by atoms with van der Waals surface area (Å²) in [5, 5.41) is 3.60. The van der Waals surface area contributed by atoms with Crippen LogP contribution in [0.3, 0.4) is 0 Å². The van der Waals surface area contributed by atoms with Gasteiger partial charge in [0.15, 0.2) is 17.3 Å². The molecule has 0 atom stereocenters. The van der Waals surface area contributed by atoms with E-state index < -0.39 is 17.6 Å². The van der Waals surface area contributed by atoms with Gasteiger partial charge in [-0.15, -0.1) is 0 Å². The molecule has 2 rings (SSSR count). The summed E-state index contributed by atoms with van der Waals surface area (Å²) in [4.78, 5) is 11.7. The number of rotatable bonds is 5. The smallest absolute Gasteiger partial charge is 0.360 e. The molecule has 0 bridgehead atoms. The molecule has 112 valence electrons. The first kappa shape index (κ1) is 15.0. The second kappa shape index (κ2) is 6.34. The van der Waals surface area contributed by atoms with Gasteiger partial charge in [0.1, 0.15) is 18.2 Å². The van der Waals surface area contributed by atoms with Gasteiger partial charge in [-0.2, -0.15) is 0 Å². The topological polar surface area (TPSA) is 61.6 Å². The Balaban J connectivity index is 2.16. The van der Waals surface area contributed by atoms with Crippen molar-refractivity contribution < 1.29 is 27.6 Å². The van der Waals surface area contributed by atoms with Gasteiger partial charge in [0.25, 0.3) is 0 Å². The van der Waals surface area contributed by atoms with Gasteiger partial charge in [-0.3, -0.25) is 0 Å². The fraction of sp³-hybridized carbons (Fsp3) is 0.286. The van der Waals surface area contributed by atoms with Gasteiger partial charge in [-0.1, -0.05) is 5.16 Å². The van der Waals surface area contributed by atoms with E-state index in [0.717, 1.165) is 12.1 Å². The van der Waals surface area contributed by atoms with Gasteiger partial charge in [0.05, 0.1) is 12.2 Å². The van der Waals surface area contributed by atoms with E-state index in [9.17, 15) is 13.6 Å². The van der Waals surface area contributed by atoms with Crippen molar-refractivity contribution >= 4 is 5.97 Å². The van der Waals surface area contributed by atoms with Crippen LogP contribution in [-0.2, 0) is 11.3 Å². The Kier molecular flexibility index (Phi) is 4.52. The molecule has 0 fully saturated rings. The summed E-state index contributed by atoms with van der Waals surface area (Å²) < 4.78 is 41.2. The minimum atomic E-state index is -0.832. The number of carbonyl (C=O) groups is 1. The average molecular weight is 297 g/mol. The molecule has 0 saturated carbocycles. The Morgan fingerprint density at radius 1 is 1.38 bits per heavy atom. The second-order valence-corrected chi connectivity index (χ2v) is 4.15. The van der Waals surface area contributed by atoms with E-state index >= 15 is 0 Å². The lowest BCUT2D eigenvalue weighted by molar-refractivity contribution is 0.0512. The molecule has 1 aromatic heterocycles. The minimum absolute atomic E-state index is 0.0168. The van der Waals surface area contributed by atoms with E-state index in [1.54, 1.807) is 13.8 Å². The Labute approximate surface area is 119 Å². The number of benzene rings is 1. The minimum Gasteiger partial charge on any atom is -0.486 e. The zero-order chi connectivity index (χ0) is 15.4. The maximum Gasteiger partial charge on any atom is 0.360 e. The quantitative estimate of drug-likeness (QED) is 0.794. The molecule has 5 nitrogen and oxygen atoms in total. The summed E-state index contributed by atoms with van der Waals surface area (Å²) in [5.41, 5.74) is 0.342. The fourth-order valence-corrected chi connectivity index (χ4v) is 1.66. The molecule has 1 aromatic carbocycles. The highest BCUT2D eigenvalue weighted by atomic mass is 19.1. The number of halogens is 2. The summed E-state index contributed by atoms with van der Waals surface area (Å²) in [6.45, 7) is 3.30. The molecule has 0 aliphatic carbocycles. The lowest BCUT2D eigenvalue weighted by Gasteiger charge is -2.07. The Hall–Kier alpha value is -2.44. The van der Waals surface area contributed by atoms with Gasteiger partial charge in [-0.25, -0.2) is 13.6 Å². The van der Waals surface area contributed by atoms with Crippen LogP contribution < -0.4 is 4.74 Å². The number of aromatic nitrogens is 1. The van der Waals surface area contributed by atoms with Crippen LogP contribution >= 0.6 is 0 Å². The van der Waals surface area contributed by atoms with Crippen molar-refractivity contribution in [1.29, 1.82) is 0 Å². The molecule has 21 heavy (non-hydrogen) atoms. The zero-order valence-corrected chi connectivity index (χ0v) is 11.5. The fourth-order valence-electron chi connectivity index (χ4n) is 1.66. The van der Waals surface area contributed by atoms with Crippen molar-refractivity contribution in [3.8, 4) is 5.75 Å². The summed E-state index contributed by atoms with van der Waals surface area (Å²) in [6, 6.07) is 2.95. The van der Waals surface area contributed by atoms with Crippen molar-refractivity contribution in [3.63, 3.8) is 0 Å². The summed E-state index contributed by atoms with van der Waals surface area (Å²) in [5.74, 6) is -1.95. The van der Waals surface area contributed by atoms with Crippen molar-refractivity contribution in [1.82, 2.24) is 5.16 Å². The highest BCUT2D eigenvalue weighted by molar-refractivity contribution is 5.88. The van der Waals surface area contributed by atoms with Crippen LogP contribution in [0.5, 0.6) is 5.75 Å². The van der Waals surface area contributed by atoms with E-state index in [1.807, 2.05) is 0 Å². The van der Waals surface area contributed by atoms with E-state index in [0.29, 0.717) is 17.4 Å². The molecule has 0 saturated heterocycles. The SMILES string of the molecule is CCOC(=O)c1noc(C)c1COc1ccc(F)cc1F. The standard InChI is InChI=1S/C14H13F2NO4/c1-3-19-14(18)13-10(8(2)21-17-13)7-20-12-5-4-9(15)6-11(12)16/h4-6H,3,7H2,1-2H3.